The number of urea groups is 1. The summed E-state index contributed by atoms with van der Waals surface area (Å²) in [6.45, 7) is 5.85. The molecule has 138 valence electrons. The van der Waals surface area contributed by atoms with E-state index in [0.29, 0.717) is 12.6 Å². The minimum atomic E-state index is -0.405. The average Bonchev–Trinajstić information content (AvgIpc) is 2.61. The van der Waals surface area contributed by atoms with Crippen molar-refractivity contribution in [2.75, 3.05) is 33.2 Å². The van der Waals surface area contributed by atoms with Gasteiger partial charge < -0.3 is 5.32 Å². The van der Waals surface area contributed by atoms with Crippen LogP contribution in [0.2, 0.25) is 0 Å². The van der Waals surface area contributed by atoms with E-state index in [0.717, 1.165) is 38.9 Å². The van der Waals surface area contributed by atoms with Crippen LogP contribution in [0.15, 0.2) is 30.3 Å². The fourth-order valence-electron chi connectivity index (χ4n) is 3.16. The summed E-state index contributed by atoms with van der Waals surface area (Å²) in [5, 5.41) is 5.03. The highest BCUT2D eigenvalue weighted by Crippen LogP contribution is 2.17. The molecule has 0 bridgehead atoms. The lowest BCUT2D eigenvalue weighted by atomic mass is 10.0. The number of piperidine rings is 1. The zero-order chi connectivity index (χ0) is 18.1. The minimum absolute atomic E-state index is 0.247. The van der Waals surface area contributed by atoms with E-state index in [1.165, 1.54) is 5.56 Å². The second kappa shape index (κ2) is 10.2. The molecule has 6 nitrogen and oxygen atoms in total. The number of benzene rings is 1. The molecule has 2 N–H and O–H groups in total. The van der Waals surface area contributed by atoms with Gasteiger partial charge in [0, 0.05) is 19.1 Å². The number of hydrogen-bond acceptors (Lipinski definition) is 4. The van der Waals surface area contributed by atoms with Crippen LogP contribution in [0.4, 0.5) is 4.79 Å². The van der Waals surface area contributed by atoms with Crippen LogP contribution in [0.5, 0.6) is 0 Å². The largest absolute Gasteiger partial charge is 0.338 e. The molecule has 2 rings (SSSR count). The Bertz CT molecular complexity index is 542. The molecule has 25 heavy (non-hydrogen) atoms. The first-order chi connectivity index (χ1) is 12.1. The summed E-state index contributed by atoms with van der Waals surface area (Å²) >= 11 is 0. The van der Waals surface area contributed by atoms with Gasteiger partial charge in [0.05, 0.1) is 6.54 Å². The molecule has 1 aliphatic heterocycles. The molecule has 1 fully saturated rings. The van der Waals surface area contributed by atoms with Crippen LogP contribution >= 0.6 is 0 Å². The van der Waals surface area contributed by atoms with Crippen LogP contribution in [0, 0.1) is 0 Å². The SMILES string of the molecule is CCCNC(=O)NC(=O)CN(C)C1CCN(Cc2ccccc2)CC1. The Hall–Kier alpha value is -1.92. The van der Waals surface area contributed by atoms with E-state index in [2.05, 4.69) is 44.7 Å². The van der Waals surface area contributed by atoms with Crippen LogP contribution in [-0.4, -0.2) is 61.0 Å². The number of amides is 3. The van der Waals surface area contributed by atoms with Gasteiger partial charge in [-0.1, -0.05) is 37.3 Å². The lowest BCUT2D eigenvalue weighted by Crippen LogP contribution is -2.48. The standard InChI is InChI=1S/C19H30N4O2/c1-3-11-20-19(25)21-18(24)15-22(2)17-9-12-23(13-10-17)14-16-7-5-4-6-8-16/h4-8,17H,3,9-15H2,1-2H3,(H2,20,21,24,25). The molecule has 1 aliphatic rings. The first-order valence-electron chi connectivity index (χ1n) is 9.12. The number of imide groups is 1. The quantitative estimate of drug-likeness (QED) is 0.790. The third-order valence-electron chi connectivity index (χ3n) is 4.61. The van der Waals surface area contributed by atoms with E-state index < -0.39 is 6.03 Å². The van der Waals surface area contributed by atoms with E-state index in [4.69, 9.17) is 0 Å². The maximum absolute atomic E-state index is 12.0. The normalized spacial score (nSPS) is 16.0. The summed E-state index contributed by atoms with van der Waals surface area (Å²) in [4.78, 5) is 28.0. The number of nitrogens with one attached hydrogen (secondary N) is 2. The van der Waals surface area contributed by atoms with Crippen LogP contribution in [0.1, 0.15) is 31.7 Å². The smallest absolute Gasteiger partial charge is 0.321 e. The van der Waals surface area contributed by atoms with Gasteiger partial charge in [0.1, 0.15) is 0 Å². The molecule has 0 aliphatic carbocycles. The second-order valence-electron chi connectivity index (χ2n) is 6.71. The molecule has 1 heterocycles. The number of nitrogens with zero attached hydrogens (tertiary/aromatic N) is 2. The Kier molecular flexibility index (Phi) is 7.88. The Morgan fingerprint density at radius 1 is 1.20 bits per heavy atom. The van der Waals surface area contributed by atoms with Crippen LogP contribution in [0.25, 0.3) is 0 Å². The lowest BCUT2D eigenvalue weighted by Gasteiger charge is -2.36. The van der Waals surface area contributed by atoms with Crippen molar-refractivity contribution < 1.29 is 9.59 Å². The third kappa shape index (κ3) is 6.84. The van der Waals surface area contributed by atoms with Gasteiger partial charge in [0.25, 0.3) is 0 Å². The molecule has 0 aromatic heterocycles. The van der Waals surface area contributed by atoms with Gasteiger partial charge in [-0.3, -0.25) is 19.9 Å². The van der Waals surface area contributed by atoms with Gasteiger partial charge in [0.2, 0.25) is 5.91 Å². The van der Waals surface area contributed by atoms with Gasteiger partial charge in [-0.15, -0.1) is 0 Å². The molecule has 0 spiro atoms. The highest BCUT2D eigenvalue weighted by molar-refractivity contribution is 5.95. The molecule has 0 saturated carbocycles. The second-order valence-corrected chi connectivity index (χ2v) is 6.71. The van der Waals surface area contributed by atoms with Crippen molar-refractivity contribution in [2.24, 2.45) is 0 Å². The summed E-state index contributed by atoms with van der Waals surface area (Å²) in [7, 11) is 1.96. The molecule has 6 heteroatoms. The Morgan fingerprint density at radius 3 is 2.52 bits per heavy atom. The summed E-state index contributed by atoms with van der Waals surface area (Å²) in [6, 6.07) is 10.5. The number of carbonyl (C=O) groups is 2. The van der Waals surface area contributed by atoms with Gasteiger partial charge >= 0.3 is 6.03 Å². The van der Waals surface area contributed by atoms with Crippen molar-refractivity contribution >= 4 is 11.9 Å². The number of carbonyl (C=O) groups excluding carboxylic acids is 2. The monoisotopic (exact) mass is 346 g/mol. The fourth-order valence-corrected chi connectivity index (χ4v) is 3.16. The maximum atomic E-state index is 12.0. The van der Waals surface area contributed by atoms with Crippen molar-refractivity contribution in [1.82, 2.24) is 20.4 Å². The zero-order valence-electron chi connectivity index (χ0n) is 15.3. The molecular weight excluding hydrogens is 316 g/mol. The van der Waals surface area contributed by atoms with E-state index >= 15 is 0 Å². The van der Waals surface area contributed by atoms with Crippen LogP contribution in [0.3, 0.4) is 0 Å². The lowest BCUT2D eigenvalue weighted by molar-refractivity contribution is -0.121. The Balaban J connectivity index is 1.69. The van der Waals surface area contributed by atoms with Crippen molar-refractivity contribution in [2.45, 2.75) is 38.8 Å². The van der Waals surface area contributed by atoms with Gasteiger partial charge in [-0.25, -0.2) is 4.79 Å². The Labute approximate surface area is 150 Å². The minimum Gasteiger partial charge on any atom is -0.338 e. The van der Waals surface area contributed by atoms with Crippen molar-refractivity contribution in [3.8, 4) is 0 Å². The molecule has 1 aromatic rings. The number of hydrogen-bond donors (Lipinski definition) is 2. The predicted octanol–water partition coefficient (Wildman–Crippen LogP) is 1.82. The molecule has 1 aromatic carbocycles. The first-order valence-corrected chi connectivity index (χ1v) is 9.12. The van der Waals surface area contributed by atoms with E-state index in [-0.39, 0.29) is 12.5 Å². The van der Waals surface area contributed by atoms with Crippen LogP contribution < -0.4 is 10.6 Å². The van der Waals surface area contributed by atoms with Crippen molar-refractivity contribution in [1.29, 1.82) is 0 Å². The van der Waals surface area contributed by atoms with Gasteiger partial charge in [-0.2, -0.15) is 0 Å². The summed E-state index contributed by atoms with van der Waals surface area (Å²) in [6.07, 6.45) is 2.93. The Morgan fingerprint density at radius 2 is 1.88 bits per heavy atom. The average molecular weight is 346 g/mol. The molecular formula is C19H30N4O2. The maximum Gasteiger partial charge on any atom is 0.321 e. The van der Waals surface area contributed by atoms with Crippen molar-refractivity contribution in [3.63, 3.8) is 0 Å². The molecule has 0 atom stereocenters. The molecule has 0 unspecified atom stereocenters. The summed E-state index contributed by atoms with van der Waals surface area (Å²) in [5.41, 5.74) is 1.34. The highest BCUT2D eigenvalue weighted by Gasteiger charge is 2.24. The molecule has 3 amide bonds. The fraction of sp³-hybridized carbons (Fsp3) is 0.579. The first kappa shape index (κ1) is 19.4. The number of likely N-dealkylation sites (tertiary alicyclic amines) is 1. The van der Waals surface area contributed by atoms with E-state index in [1.54, 1.807) is 0 Å². The van der Waals surface area contributed by atoms with Gasteiger partial charge in [-0.05, 0) is 45.0 Å². The zero-order valence-corrected chi connectivity index (χ0v) is 15.3. The van der Waals surface area contributed by atoms with E-state index in [1.807, 2.05) is 20.0 Å². The summed E-state index contributed by atoms with van der Waals surface area (Å²) in [5.74, 6) is -0.247. The third-order valence-corrected chi connectivity index (χ3v) is 4.61. The van der Waals surface area contributed by atoms with Gasteiger partial charge in [0.15, 0.2) is 0 Å². The van der Waals surface area contributed by atoms with E-state index in [9.17, 15) is 9.59 Å². The predicted molar refractivity (Wildman–Crippen MR) is 99.2 cm³/mol. The number of rotatable bonds is 7. The topological polar surface area (TPSA) is 64.7 Å². The van der Waals surface area contributed by atoms with Crippen LogP contribution in [-0.2, 0) is 11.3 Å². The number of likely N-dealkylation sites (N-methyl/N-ethyl adjacent to an activating group) is 1. The molecule has 0 radical (unpaired) electrons. The highest BCUT2D eigenvalue weighted by atomic mass is 16.2. The summed E-state index contributed by atoms with van der Waals surface area (Å²) < 4.78 is 0. The molecule has 1 saturated heterocycles. The van der Waals surface area contributed by atoms with Crippen molar-refractivity contribution in [3.05, 3.63) is 35.9 Å².